The van der Waals surface area contributed by atoms with Gasteiger partial charge < -0.3 is 5.11 Å². The molecule has 0 aromatic rings. The normalized spacial score (nSPS) is 28.5. The topological polar surface area (TPSA) is 20.2 Å². The Morgan fingerprint density at radius 2 is 2.27 bits per heavy atom. The lowest BCUT2D eigenvalue weighted by atomic mass is 9.80. The highest BCUT2D eigenvalue weighted by Gasteiger charge is 2.29. The second-order valence-electron chi connectivity index (χ2n) is 3.50. The summed E-state index contributed by atoms with van der Waals surface area (Å²) in [5.74, 6) is 6.51. The van der Waals surface area contributed by atoms with Crippen molar-refractivity contribution in [2.45, 2.75) is 45.1 Å². The second-order valence-corrected chi connectivity index (χ2v) is 3.50. The van der Waals surface area contributed by atoms with E-state index in [4.69, 9.17) is 0 Å². The number of rotatable bonds is 2. The minimum absolute atomic E-state index is 0.397. The molecule has 0 bridgehead atoms. The Hall–Kier alpha value is -0.480. The van der Waals surface area contributed by atoms with Crippen LogP contribution in [0.2, 0.25) is 0 Å². The molecule has 1 heteroatoms. The molecular weight excluding hydrogens is 136 g/mol. The fraction of sp³-hybridized carbons (Fsp3) is 0.800. The fourth-order valence-corrected chi connectivity index (χ4v) is 1.45. The van der Waals surface area contributed by atoms with Gasteiger partial charge in [0.05, 0.1) is 5.60 Å². The molecule has 1 rings (SSSR count). The van der Waals surface area contributed by atoms with Crippen molar-refractivity contribution in [1.29, 1.82) is 0 Å². The third-order valence-corrected chi connectivity index (χ3v) is 2.69. The SMILES string of the molecule is CCC(C)(O)C1CC#CCC1. The van der Waals surface area contributed by atoms with Gasteiger partial charge in [0.1, 0.15) is 0 Å². The molecule has 0 aliphatic heterocycles. The van der Waals surface area contributed by atoms with Gasteiger partial charge in [-0.25, -0.2) is 0 Å². The molecule has 0 amide bonds. The van der Waals surface area contributed by atoms with E-state index in [2.05, 4.69) is 11.8 Å². The maximum atomic E-state index is 9.88. The Morgan fingerprint density at radius 3 is 2.73 bits per heavy atom. The van der Waals surface area contributed by atoms with Gasteiger partial charge in [-0.2, -0.15) is 0 Å². The van der Waals surface area contributed by atoms with E-state index < -0.39 is 5.60 Å². The molecule has 0 radical (unpaired) electrons. The highest BCUT2D eigenvalue weighted by Crippen LogP contribution is 2.29. The van der Waals surface area contributed by atoms with Gasteiger partial charge >= 0.3 is 0 Å². The zero-order valence-electron chi connectivity index (χ0n) is 7.35. The molecular formula is C10H16O. The summed E-state index contributed by atoms with van der Waals surface area (Å²) >= 11 is 0. The van der Waals surface area contributed by atoms with Gasteiger partial charge in [0.2, 0.25) is 0 Å². The van der Waals surface area contributed by atoms with Crippen molar-refractivity contribution in [3.05, 3.63) is 0 Å². The molecule has 11 heavy (non-hydrogen) atoms. The lowest BCUT2D eigenvalue weighted by molar-refractivity contribution is -0.00659. The standard InChI is InChI=1S/C10H16O/c1-3-10(2,11)9-7-5-4-6-8-9/h9,11H,3,5,7-8H2,1-2H3. The quantitative estimate of drug-likeness (QED) is 0.600. The van der Waals surface area contributed by atoms with E-state index >= 15 is 0 Å². The summed E-state index contributed by atoms with van der Waals surface area (Å²) in [5, 5.41) is 9.88. The molecule has 0 aromatic carbocycles. The molecule has 0 saturated heterocycles. The molecule has 1 aliphatic carbocycles. The molecule has 0 heterocycles. The summed E-state index contributed by atoms with van der Waals surface area (Å²) in [6.45, 7) is 3.95. The van der Waals surface area contributed by atoms with Crippen molar-refractivity contribution in [1.82, 2.24) is 0 Å². The van der Waals surface area contributed by atoms with Gasteiger partial charge in [0.25, 0.3) is 0 Å². The molecule has 2 atom stereocenters. The summed E-state index contributed by atoms with van der Waals surface area (Å²) in [7, 11) is 0. The number of hydrogen-bond acceptors (Lipinski definition) is 1. The molecule has 0 spiro atoms. The molecule has 1 nitrogen and oxygen atoms in total. The van der Waals surface area contributed by atoms with Crippen LogP contribution in [0.1, 0.15) is 39.5 Å². The Bertz CT molecular complexity index is 183. The van der Waals surface area contributed by atoms with Crippen LogP contribution in [0.3, 0.4) is 0 Å². The minimum Gasteiger partial charge on any atom is -0.390 e. The summed E-state index contributed by atoms with van der Waals surface area (Å²) < 4.78 is 0. The lowest BCUT2D eigenvalue weighted by Crippen LogP contribution is -2.34. The van der Waals surface area contributed by atoms with Crippen LogP contribution in [0.4, 0.5) is 0 Å². The predicted octanol–water partition coefficient (Wildman–Crippen LogP) is 1.95. The Labute approximate surface area is 68.8 Å². The lowest BCUT2D eigenvalue weighted by Gasteiger charge is -2.31. The van der Waals surface area contributed by atoms with E-state index in [-0.39, 0.29) is 0 Å². The van der Waals surface area contributed by atoms with Crippen LogP contribution in [0.15, 0.2) is 0 Å². The summed E-state index contributed by atoms with van der Waals surface area (Å²) in [6, 6.07) is 0. The van der Waals surface area contributed by atoms with E-state index in [9.17, 15) is 5.11 Å². The second kappa shape index (κ2) is 3.28. The van der Waals surface area contributed by atoms with Crippen LogP contribution in [-0.4, -0.2) is 10.7 Å². The molecule has 62 valence electrons. The summed E-state index contributed by atoms with van der Waals surface area (Å²) in [6.07, 6.45) is 3.73. The first kappa shape index (κ1) is 8.62. The third-order valence-electron chi connectivity index (χ3n) is 2.69. The highest BCUT2D eigenvalue weighted by atomic mass is 16.3. The first-order valence-corrected chi connectivity index (χ1v) is 4.35. The van der Waals surface area contributed by atoms with E-state index in [1.807, 2.05) is 13.8 Å². The van der Waals surface area contributed by atoms with E-state index in [0.717, 1.165) is 25.7 Å². The highest BCUT2D eigenvalue weighted by molar-refractivity contribution is 5.07. The maximum Gasteiger partial charge on any atom is 0.0654 e. The predicted molar refractivity (Wildman–Crippen MR) is 46.0 cm³/mol. The Kier molecular flexibility index (Phi) is 2.57. The van der Waals surface area contributed by atoms with Gasteiger partial charge in [-0.3, -0.25) is 0 Å². The Morgan fingerprint density at radius 1 is 1.55 bits per heavy atom. The average Bonchev–Trinajstić information content (AvgIpc) is 2.06. The third kappa shape index (κ3) is 1.97. The van der Waals surface area contributed by atoms with Crippen LogP contribution >= 0.6 is 0 Å². The van der Waals surface area contributed by atoms with Gasteiger partial charge in [0.15, 0.2) is 0 Å². The first-order valence-electron chi connectivity index (χ1n) is 4.35. The maximum absolute atomic E-state index is 9.88. The average molecular weight is 152 g/mol. The zero-order chi connectivity index (χ0) is 8.32. The van der Waals surface area contributed by atoms with Crippen molar-refractivity contribution < 1.29 is 5.11 Å². The molecule has 1 aliphatic rings. The van der Waals surface area contributed by atoms with E-state index in [0.29, 0.717) is 5.92 Å². The monoisotopic (exact) mass is 152 g/mol. The van der Waals surface area contributed by atoms with Gasteiger partial charge in [-0.1, -0.05) is 6.92 Å². The van der Waals surface area contributed by atoms with Crippen molar-refractivity contribution in [3.63, 3.8) is 0 Å². The smallest absolute Gasteiger partial charge is 0.0654 e. The zero-order valence-corrected chi connectivity index (χ0v) is 7.35. The van der Waals surface area contributed by atoms with Crippen LogP contribution in [-0.2, 0) is 0 Å². The fourth-order valence-electron chi connectivity index (χ4n) is 1.45. The van der Waals surface area contributed by atoms with Crippen molar-refractivity contribution >= 4 is 0 Å². The van der Waals surface area contributed by atoms with Gasteiger partial charge in [-0.15, -0.1) is 11.8 Å². The number of hydrogen-bond donors (Lipinski definition) is 1. The molecule has 0 fully saturated rings. The van der Waals surface area contributed by atoms with Crippen LogP contribution in [0.25, 0.3) is 0 Å². The van der Waals surface area contributed by atoms with E-state index in [1.165, 1.54) is 0 Å². The first-order chi connectivity index (χ1) is 5.17. The van der Waals surface area contributed by atoms with Crippen LogP contribution < -0.4 is 0 Å². The molecule has 0 saturated carbocycles. The minimum atomic E-state index is -0.491. The summed E-state index contributed by atoms with van der Waals surface area (Å²) in [5.41, 5.74) is -0.491. The van der Waals surface area contributed by atoms with Crippen molar-refractivity contribution in [2.75, 3.05) is 0 Å². The number of aliphatic hydroxyl groups is 1. The molecule has 0 aromatic heterocycles. The van der Waals surface area contributed by atoms with E-state index in [1.54, 1.807) is 0 Å². The van der Waals surface area contributed by atoms with Gasteiger partial charge in [0, 0.05) is 12.8 Å². The van der Waals surface area contributed by atoms with Crippen molar-refractivity contribution in [2.24, 2.45) is 5.92 Å². The largest absolute Gasteiger partial charge is 0.390 e. The van der Waals surface area contributed by atoms with Crippen LogP contribution in [0.5, 0.6) is 0 Å². The van der Waals surface area contributed by atoms with Gasteiger partial charge in [-0.05, 0) is 25.7 Å². The molecule has 1 N–H and O–H groups in total. The Balaban J connectivity index is 2.55. The molecule has 2 unspecified atom stereocenters. The van der Waals surface area contributed by atoms with Crippen molar-refractivity contribution in [3.8, 4) is 11.8 Å². The summed E-state index contributed by atoms with van der Waals surface area (Å²) in [4.78, 5) is 0. The van der Waals surface area contributed by atoms with Crippen LogP contribution in [0, 0.1) is 17.8 Å².